The van der Waals surface area contributed by atoms with Crippen molar-refractivity contribution in [1.82, 2.24) is 24.7 Å². The predicted molar refractivity (Wildman–Crippen MR) is 160 cm³/mol. The fourth-order valence-corrected chi connectivity index (χ4v) is 6.66. The van der Waals surface area contributed by atoms with E-state index in [0.29, 0.717) is 28.7 Å². The van der Waals surface area contributed by atoms with Gasteiger partial charge in [-0.25, -0.2) is 9.20 Å². The lowest BCUT2D eigenvalue weighted by Crippen LogP contribution is -2.38. The minimum Gasteiger partial charge on any atom is -0.489 e. The van der Waals surface area contributed by atoms with Gasteiger partial charge in [0.2, 0.25) is 0 Å². The van der Waals surface area contributed by atoms with Gasteiger partial charge in [0.05, 0.1) is 46.2 Å². The maximum Gasteiger partial charge on any atom is 0.274 e. The molecule has 3 fully saturated rings. The summed E-state index contributed by atoms with van der Waals surface area (Å²) in [5, 5.41) is 24.4. The Morgan fingerprint density at radius 1 is 1.02 bits per heavy atom. The van der Waals surface area contributed by atoms with E-state index < -0.39 is 5.60 Å². The SMILES string of the molecule is CC(C)(O)COc1ccc2c(C(=O)N[C@H]3CC[C@H](c4nn(C(C5CC5)C5CC5)c(=O)c5ccccc54)CC3)cnn2c1. The van der Waals surface area contributed by atoms with Crippen molar-refractivity contribution in [2.45, 2.75) is 88.8 Å². The Kier molecular flexibility index (Phi) is 6.80. The molecule has 3 heterocycles. The van der Waals surface area contributed by atoms with Crippen LogP contribution in [0.3, 0.4) is 0 Å². The van der Waals surface area contributed by atoms with E-state index in [2.05, 4.69) is 10.4 Å². The Morgan fingerprint density at radius 2 is 1.71 bits per heavy atom. The van der Waals surface area contributed by atoms with Gasteiger partial charge in [-0.05, 0) is 95.2 Å². The number of amides is 1. The van der Waals surface area contributed by atoms with Crippen LogP contribution >= 0.6 is 0 Å². The number of aromatic nitrogens is 4. The molecule has 3 aromatic heterocycles. The van der Waals surface area contributed by atoms with Crippen molar-refractivity contribution in [2.75, 3.05) is 6.61 Å². The molecule has 0 bridgehead atoms. The van der Waals surface area contributed by atoms with Crippen molar-refractivity contribution in [1.29, 1.82) is 0 Å². The largest absolute Gasteiger partial charge is 0.489 e. The molecule has 0 radical (unpaired) electrons. The molecule has 3 aliphatic carbocycles. The van der Waals surface area contributed by atoms with Gasteiger partial charge in [-0.3, -0.25) is 9.59 Å². The molecule has 1 aromatic carbocycles. The van der Waals surface area contributed by atoms with Crippen LogP contribution in [-0.2, 0) is 0 Å². The molecule has 0 aliphatic heterocycles. The quantitative estimate of drug-likeness (QED) is 0.293. The van der Waals surface area contributed by atoms with Crippen LogP contribution < -0.4 is 15.6 Å². The molecule has 220 valence electrons. The van der Waals surface area contributed by atoms with E-state index in [-0.39, 0.29) is 36.1 Å². The summed E-state index contributed by atoms with van der Waals surface area (Å²) in [5.41, 5.74) is 1.39. The number of fused-ring (bicyclic) bond motifs is 2. The molecule has 0 atom stereocenters. The molecule has 0 unspecified atom stereocenters. The highest BCUT2D eigenvalue weighted by molar-refractivity contribution is 6.00. The lowest BCUT2D eigenvalue weighted by Gasteiger charge is -2.30. The van der Waals surface area contributed by atoms with E-state index in [4.69, 9.17) is 9.84 Å². The molecule has 3 aliphatic rings. The Balaban J connectivity index is 1.05. The van der Waals surface area contributed by atoms with Crippen LogP contribution in [0.4, 0.5) is 0 Å². The Bertz CT molecular complexity index is 1670. The second-order valence-electron chi connectivity index (χ2n) is 13.2. The molecule has 2 N–H and O–H groups in total. The maximum atomic E-state index is 13.6. The van der Waals surface area contributed by atoms with Gasteiger partial charge < -0.3 is 15.2 Å². The molecule has 9 heteroatoms. The number of benzene rings is 1. The molecule has 9 nitrogen and oxygen atoms in total. The van der Waals surface area contributed by atoms with Crippen LogP contribution in [0.5, 0.6) is 5.75 Å². The van der Waals surface area contributed by atoms with Gasteiger partial charge in [0.15, 0.2) is 0 Å². The second-order valence-corrected chi connectivity index (χ2v) is 13.2. The maximum absolute atomic E-state index is 13.6. The van der Waals surface area contributed by atoms with Gasteiger partial charge in [0.1, 0.15) is 12.4 Å². The average molecular weight is 570 g/mol. The third-order valence-electron chi connectivity index (χ3n) is 9.12. The number of hydrogen-bond donors (Lipinski definition) is 2. The van der Waals surface area contributed by atoms with E-state index in [1.807, 2.05) is 35.0 Å². The molecular weight excluding hydrogens is 530 g/mol. The van der Waals surface area contributed by atoms with Crippen LogP contribution in [0.1, 0.15) is 93.2 Å². The van der Waals surface area contributed by atoms with E-state index in [1.54, 1.807) is 36.8 Å². The smallest absolute Gasteiger partial charge is 0.274 e. The Hall–Kier alpha value is -3.72. The molecule has 0 spiro atoms. The van der Waals surface area contributed by atoms with Gasteiger partial charge in [-0.1, -0.05) is 18.2 Å². The molecule has 3 saturated carbocycles. The number of nitrogens with one attached hydrogen (secondary N) is 1. The first-order valence-electron chi connectivity index (χ1n) is 15.4. The van der Waals surface area contributed by atoms with Crippen molar-refractivity contribution in [2.24, 2.45) is 11.8 Å². The van der Waals surface area contributed by atoms with Gasteiger partial charge in [-0.15, -0.1) is 0 Å². The summed E-state index contributed by atoms with van der Waals surface area (Å²) >= 11 is 0. The lowest BCUT2D eigenvalue weighted by molar-refractivity contribution is 0.0283. The highest BCUT2D eigenvalue weighted by Crippen LogP contribution is 2.51. The minimum absolute atomic E-state index is 0.0587. The summed E-state index contributed by atoms with van der Waals surface area (Å²) < 4.78 is 9.16. The van der Waals surface area contributed by atoms with Gasteiger partial charge >= 0.3 is 0 Å². The number of rotatable bonds is 9. The summed E-state index contributed by atoms with van der Waals surface area (Å²) in [6.07, 6.45) is 11.6. The first-order chi connectivity index (χ1) is 20.2. The van der Waals surface area contributed by atoms with Crippen LogP contribution in [0.2, 0.25) is 0 Å². The topological polar surface area (TPSA) is 111 Å². The summed E-state index contributed by atoms with van der Waals surface area (Å²) in [4.78, 5) is 26.8. The van der Waals surface area contributed by atoms with Crippen LogP contribution in [0, 0.1) is 11.8 Å². The number of ether oxygens (including phenoxy) is 1. The summed E-state index contributed by atoms with van der Waals surface area (Å²) in [7, 11) is 0. The molecule has 42 heavy (non-hydrogen) atoms. The van der Waals surface area contributed by atoms with Crippen LogP contribution in [0.25, 0.3) is 16.3 Å². The third kappa shape index (κ3) is 5.42. The van der Waals surface area contributed by atoms with Gasteiger partial charge in [0, 0.05) is 17.3 Å². The molecule has 1 amide bonds. The number of nitrogens with zero attached hydrogens (tertiary/aromatic N) is 4. The molecule has 7 rings (SSSR count). The van der Waals surface area contributed by atoms with Crippen molar-refractivity contribution in [3.8, 4) is 5.75 Å². The number of hydrogen-bond acceptors (Lipinski definition) is 6. The van der Waals surface area contributed by atoms with E-state index in [9.17, 15) is 14.7 Å². The second kappa shape index (κ2) is 10.5. The highest BCUT2D eigenvalue weighted by atomic mass is 16.5. The van der Waals surface area contributed by atoms with Crippen molar-refractivity contribution in [3.05, 3.63) is 70.4 Å². The molecule has 4 aromatic rings. The summed E-state index contributed by atoms with van der Waals surface area (Å²) in [6.45, 7) is 3.53. The number of carbonyl (C=O) groups excluding carboxylic acids is 1. The van der Waals surface area contributed by atoms with Crippen LogP contribution in [-0.4, -0.2) is 48.7 Å². The molecule has 0 saturated heterocycles. The highest BCUT2D eigenvalue weighted by Gasteiger charge is 2.44. The Morgan fingerprint density at radius 3 is 2.38 bits per heavy atom. The molecular formula is C33H39N5O4. The predicted octanol–water partition coefficient (Wildman–Crippen LogP) is 5.01. The first-order valence-corrected chi connectivity index (χ1v) is 15.4. The third-order valence-corrected chi connectivity index (χ3v) is 9.12. The first kappa shape index (κ1) is 27.1. The zero-order valence-corrected chi connectivity index (χ0v) is 24.3. The van der Waals surface area contributed by atoms with Crippen molar-refractivity contribution < 1.29 is 14.6 Å². The Labute approximate surface area is 244 Å². The van der Waals surface area contributed by atoms with E-state index >= 15 is 0 Å². The standard InChI is InChI=1S/C33H39N5O4/c1-33(2,41)19-42-24-15-16-28-27(17-34-37(28)18-24)31(39)35-23-13-11-20(12-14-23)29-25-5-3-4-6-26(25)32(40)38(36-29)30(21-7-8-21)22-9-10-22/h3-6,15-18,20-23,30,41H,7-14,19H2,1-2H3,(H,35,39)/t20-,23-. The fraction of sp³-hybridized carbons (Fsp3) is 0.515. The lowest BCUT2D eigenvalue weighted by atomic mass is 9.82. The van der Waals surface area contributed by atoms with E-state index in [0.717, 1.165) is 42.1 Å². The van der Waals surface area contributed by atoms with E-state index in [1.165, 1.54) is 25.7 Å². The van der Waals surface area contributed by atoms with Gasteiger partial charge in [-0.2, -0.15) is 10.2 Å². The number of aliphatic hydroxyl groups is 1. The monoisotopic (exact) mass is 569 g/mol. The van der Waals surface area contributed by atoms with Gasteiger partial charge in [0.25, 0.3) is 11.5 Å². The minimum atomic E-state index is -0.942. The van der Waals surface area contributed by atoms with Crippen molar-refractivity contribution >= 4 is 22.2 Å². The summed E-state index contributed by atoms with van der Waals surface area (Å²) in [5.74, 6) is 1.88. The zero-order valence-electron chi connectivity index (χ0n) is 24.3. The van der Waals surface area contributed by atoms with Crippen molar-refractivity contribution in [3.63, 3.8) is 0 Å². The fourth-order valence-electron chi connectivity index (χ4n) is 6.66. The van der Waals surface area contributed by atoms with Crippen LogP contribution in [0.15, 0.2) is 53.6 Å². The average Bonchev–Trinajstić information content (AvgIpc) is 3.92. The normalized spacial score (nSPS) is 21.2. The summed E-state index contributed by atoms with van der Waals surface area (Å²) in [6, 6.07) is 11.9. The number of carbonyl (C=O) groups is 1. The zero-order chi connectivity index (χ0) is 29.0. The number of pyridine rings is 1.